The Morgan fingerprint density at radius 3 is 2.44 bits per heavy atom. The van der Waals surface area contributed by atoms with Crippen LogP contribution in [-0.4, -0.2) is 38.6 Å². The van der Waals surface area contributed by atoms with Crippen LogP contribution in [0.3, 0.4) is 0 Å². The molecule has 1 aromatic carbocycles. The molecule has 0 atom stereocenters. The van der Waals surface area contributed by atoms with Gasteiger partial charge in [-0.25, -0.2) is 0 Å². The fourth-order valence-electron chi connectivity index (χ4n) is 1.29. The number of ether oxygens (including phenoxy) is 1. The van der Waals surface area contributed by atoms with E-state index in [0.717, 1.165) is 11.3 Å². The fourth-order valence-corrected chi connectivity index (χ4v) is 1.29. The number of nitrogens with zero attached hydrogens (tertiary/aromatic N) is 1. The van der Waals surface area contributed by atoms with Crippen LogP contribution in [-0.2, 0) is 11.3 Å². The van der Waals surface area contributed by atoms with Crippen LogP contribution in [0.25, 0.3) is 0 Å². The summed E-state index contributed by atoms with van der Waals surface area (Å²) in [6.07, 6.45) is 0. The Labute approximate surface area is 96.2 Å². The highest BCUT2D eigenvalue weighted by molar-refractivity contribution is 5.77. The Bertz CT molecular complexity index is 333. The lowest BCUT2D eigenvalue weighted by Crippen LogP contribution is -2.32. The molecule has 4 heteroatoms. The molecule has 0 aliphatic rings. The molecule has 0 spiro atoms. The van der Waals surface area contributed by atoms with Gasteiger partial charge in [-0.2, -0.15) is 0 Å². The van der Waals surface area contributed by atoms with E-state index < -0.39 is 0 Å². The molecular weight excluding hydrogens is 204 g/mol. The molecule has 1 amide bonds. The maximum absolute atomic E-state index is 11.4. The van der Waals surface area contributed by atoms with Crippen molar-refractivity contribution in [3.8, 4) is 5.75 Å². The second kappa shape index (κ2) is 6.12. The molecule has 0 aromatic heterocycles. The summed E-state index contributed by atoms with van der Waals surface area (Å²) < 4.78 is 5.05. The SMILES string of the molecule is COc1ccc(CNC(=O)CN(C)C)cc1. The number of benzene rings is 1. The van der Waals surface area contributed by atoms with Gasteiger partial charge in [-0.15, -0.1) is 0 Å². The van der Waals surface area contributed by atoms with Gasteiger partial charge in [0.15, 0.2) is 0 Å². The lowest BCUT2D eigenvalue weighted by Gasteiger charge is -2.10. The summed E-state index contributed by atoms with van der Waals surface area (Å²) in [5, 5.41) is 2.85. The lowest BCUT2D eigenvalue weighted by molar-refractivity contribution is -0.121. The summed E-state index contributed by atoms with van der Waals surface area (Å²) >= 11 is 0. The molecular formula is C12H18N2O2. The largest absolute Gasteiger partial charge is 0.497 e. The van der Waals surface area contributed by atoms with E-state index in [1.54, 1.807) is 7.11 Å². The van der Waals surface area contributed by atoms with Crippen molar-refractivity contribution in [1.29, 1.82) is 0 Å². The molecule has 0 fully saturated rings. The molecule has 1 aromatic rings. The summed E-state index contributed by atoms with van der Waals surface area (Å²) in [6.45, 7) is 0.965. The molecule has 0 radical (unpaired) electrons. The first-order chi connectivity index (χ1) is 7.61. The molecule has 0 aliphatic carbocycles. The van der Waals surface area contributed by atoms with Crippen LogP contribution in [0.4, 0.5) is 0 Å². The molecule has 0 aliphatic heterocycles. The number of nitrogens with one attached hydrogen (secondary N) is 1. The molecule has 1 N–H and O–H groups in total. The third-order valence-corrected chi connectivity index (χ3v) is 2.11. The van der Waals surface area contributed by atoms with Crippen molar-refractivity contribution in [2.75, 3.05) is 27.7 Å². The number of likely N-dealkylation sites (N-methyl/N-ethyl adjacent to an activating group) is 1. The highest BCUT2D eigenvalue weighted by Crippen LogP contribution is 2.10. The van der Waals surface area contributed by atoms with Gasteiger partial charge in [0.05, 0.1) is 13.7 Å². The number of carbonyl (C=O) groups excluding carboxylic acids is 1. The summed E-state index contributed by atoms with van der Waals surface area (Å²) in [4.78, 5) is 13.2. The number of hydrogen-bond donors (Lipinski definition) is 1. The Hall–Kier alpha value is -1.55. The number of rotatable bonds is 5. The fraction of sp³-hybridized carbons (Fsp3) is 0.417. The molecule has 0 saturated heterocycles. The average Bonchev–Trinajstić information content (AvgIpc) is 2.26. The van der Waals surface area contributed by atoms with E-state index in [0.29, 0.717) is 13.1 Å². The van der Waals surface area contributed by atoms with Gasteiger partial charge in [0.25, 0.3) is 0 Å². The van der Waals surface area contributed by atoms with Crippen LogP contribution < -0.4 is 10.1 Å². The predicted molar refractivity (Wildman–Crippen MR) is 63.4 cm³/mol. The summed E-state index contributed by atoms with van der Waals surface area (Å²) in [5.41, 5.74) is 1.06. The van der Waals surface area contributed by atoms with Gasteiger partial charge in [-0.05, 0) is 31.8 Å². The minimum Gasteiger partial charge on any atom is -0.497 e. The second-order valence-electron chi connectivity index (χ2n) is 3.86. The lowest BCUT2D eigenvalue weighted by atomic mass is 10.2. The number of hydrogen-bond acceptors (Lipinski definition) is 3. The zero-order valence-corrected chi connectivity index (χ0v) is 9.99. The standard InChI is InChI=1S/C12H18N2O2/c1-14(2)9-12(15)13-8-10-4-6-11(16-3)7-5-10/h4-7H,8-9H2,1-3H3,(H,13,15). The Kier molecular flexibility index (Phi) is 4.79. The van der Waals surface area contributed by atoms with E-state index in [9.17, 15) is 4.79 Å². The van der Waals surface area contributed by atoms with Crippen molar-refractivity contribution < 1.29 is 9.53 Å². The second-order valence-corrected chi connectivity index (χ2v) is 3.86. The monoisotopic (exact) mass is 222 g/mol. The first-order valence-corrected chi connectivity index (χ1v) is 5.16. The van der Waals surface area contributed by atoms with Crippen LogP contribution in [0.2, 0.25) is 0 Å². The van der Waals surface area contributed by atoms with Crippen molar-refractivity contribution >= 4 is 5.91 Å². The smallest absolute Gasteiger partial charge is 0.234 e. The van der Waals surface area contributed by atoms with Crippen LogP contribution in [0.15, 0.2) is 24.3 Å². The molecule has 16 heavy (non-hydrogen) atoms. The topological polar surface area (TPSA) is 41.6 Å². The molecule has 0 bridgehead atoms. The quantitative estimate of drug-likeness (QED) is 0.804. The number of carbonyl (C=O) groups is 1. The van der Waals surface area contributed by atoms with Crippen LogP contribution >= 0.6 is 0 Å². The minimum atomic E-state index is 0.0285. The normalized spacial score (nSPS) is 10.2. The Morgan fingerprint density at radius 1 is 1.31 bits per heavy atom. The predicted octanol–water partition coefficient (Wildman–Crippen LogP) is 0.873. The first kappa shape index (κ1) is 12.5. The molecule has 1 rings (SSSR count). The Morgan fingerprint density at radius 2 is 1.94 bits per heavy atom. The van der Waals surface area contributed by atoms with E-state index in [-0.39, 0.29) is 5.91 Å². The highest BCUT2D eigenvalue weighted by Gasteiger charge is 2.02. The van der Waals surface area contributed by atoms with Gasteiger partial charge >= 0.3 is 0 Å². The summed E-state index contributed by atoms with van der Waals surface area (Å²) in [6, 6.07) is 7.64. The van der Waals surface area contributed by atoms with Crippen molar-refractivity contribution in [3.05, 3.63) is 29.8 Å². The van der Waals surface area contributed by atoms with Gasteiger partial charge < -0.3 is 15.0 Å². The molecule has 0 heterocycles. The van der Waals surface area contributed by atoms with Gasteiger partial charge in [-0.1, -0.05) is 12.1 Å². The zero-order valence-electron chi connectivity index (χ0n) is 9.99. The maximum atomic E-state index is 11.4. The number of methoxy groups -OCH3 is 1. The number of amides is 1. The van der Waals surface area contributed by atoms with Gasteiger partial charge in [0.1, 0.15) is 5.75 Å². The zero-order chi connectivity index (χ0) is 12.0. The molecule has 0 unspecified atom stereocenters. The van der Waals surface area contributed by atoms with E-state index in [2.05, 4.69) is 5.32 Å². The molecule has 88 valence electrons. The van der Waals surface area contributed by atoms with Gasteiger partial charge in [0, 0.05) is 6.54 Å². The highest BCUT2D eigenvalue weighted by atomic mass is 16.5. The first-order valence-electron chi connectivity index (χ1n) is 5.16. The molecule has 4 nitrogen and oxygen atoms in total. The van der Waals surface area contributed by atoms with Crippen LogP contribution in [0, 0.1) is 0 Å². The van der Waals surface area contributed by atoms with E-state index >= 15 is 0 Å². The van der Waals surface area contributed by atoms with E-state index in [1.807, 2.05) is 43.3 Å². The Balaban J connectivity index is 2.39. The maximum Gasteiger partial charge on any atom is 0.234 e. The molecule has 0 saturated carbocycles. The van der Waals surface area contributed by atoms with Gasteiger partial charge in [0.2, 0.25) is 5.91 Å². The van der Waals surface area contributed by atoms with E-state index in [4.69, 9.17) is 4.74 Å². The van der Waals surface area contributed by atoms with Crippen molar-refractivity contribution in [1.82, 2.24) is 10.2 Å². The van der Waals surface area contributed by atoms with Crippen molar-refractivity contribution in [2.45, 2.75) is 6.54 Å². The van der Waals surface area contributed by atoms with Crippen LogP contribution in [0.5, 0.6) is 5.75 Å². The van der Waals surface area contributed by atoms with Crippen molar-refractivity contribution in [2.24, 2.45) is 0 Å². The third-order valence-electron chi connectivity index (χ3n) is 2.11. The van der Waals surface area contributed by atoms with Crippen molar-refractivity contribution in [3.63, 3.8) is 0 Å². The third kappa shape index (κ3) is 4.31. The average molecular weight is 222 g/mol. The summed E-state index contributed by atoms with van der Waals surface area (Å²) in [5.74, 6) is 0.851. The van der Waals surface area contributed by atoms with Gasteiger partial charge in [-0.3, -0.25) is 4.79 Å². The summed E-state index contributed by atoms with van der Waals surface area (Å²) in [7, 11) is 5.37. The van der Waals surface area contributed by atoms with Crippen LogP contribution in [0.1, 0.15) is 5.56 Å². The minimum absolute atomic E-state index is 0.0285. The van der Waals surface area contributed by atoms with E-state index in [1.165, 1.54) is 0 Å².